The van der Waals surface area contributed by atoms with Gasteiger partial charge in [0, 0.05) is 12.2 Å². The fourth-order valence-electron chi connectivity index (χ4n) is 3.36. The first kappa shape index (κ1) is 19.3. The third-order valence-electron chi connectivity index (χ3n) is 5.40. The number of pyridine rings is 1. The Labute approximate surface area is 154 Å². The van der Waals surface area contributed by atoms with Crippen molar-refractivity contribution < 1.29 is 9.90 Å². The number of alkyl halides is 2. The van der Waals surface area contributed by atoms with Gasteiger partial charge in [-0.1, -0.05) is 27.7 Å². The van der Waals surface area contributed by atoms with Crippen LogP contribution in [0, 0.1) is 24.2 Å². The normalized spacial score (nSPS) is 32.9. The van der Waals surface area contributed by atoms with Crippen molar-refractivity contribution in [2.75, 3.05) is 0 Å². The minimum absolute atomic E-state index is 0.0572. The molecule has 1 amide bonds. The van der Waals surface area contributed by atoms with Crippen LogP contribution in [-0.4, -0.2) is 32.8 Å². The van der Waals surface area contributed by atoms with Gasteiger partial charge in [-0.2, -0.15) is 0 Å². The van der Waals surface area contributed by atoms with Crippen molar-refractivity contribution >= 4 is 29.1 Å². The number of nitrogens with one attached hydrogen (secondary N) is 1. The van der Waals surface area contributed by atoms with Gasteiger partial charge in [0.15, 0.2) is 5.69 Å². The highest BCUT2D eigenvalue weighted by molar-refractivity contribution is 6.30. The molecule has 3 unspecified atom stereocenters. The highest BCUT2D eigenvalue weighted by atomic mass is 35.5. The summed E-state index contributed by atoms with van der Waals surface area (Å²) in [6.45, 7) is 10.0. The first-order chi connectivity index (χ1) is 11.1. The Morgan fingerprint density at radius 1 is 1.33 bits per heavy atom. The largest absolute Gasteiger partial charge is 0.505 e. The third-order valence-corrected chi connectivity index (χ3v) is 7.04. The van der Waals surface area contributed by atoms with E-state index in [4.69, 9.17) is 23.2 Å². The molecule has 1 saturated carbocycles. The lowest BCUT2D eigenvalue weighted by molar-refractivity contribution is 0.0896. The Morgan fingerprint density at radius 3 is 2.58 bits per heavy atom. The lowest BCUT2D eigenvalue weighted by Gasteiger charge is -2.32. The number of aromatic nitrogens is 1. The van der Waals surface area contributed by atoms with E-state index in [2.05, 4.69) is 38.0 Å². The molecule has 6 heteroatoms. The quantitative estimate of drug-likeness (QED) is 0.606. The van der Waals surface area contributed by atoms with Crippen molar-refractivity contribution in [2.45, 2.75) is 57.8 Å². The molecule has 0 aromatic carbocycles. The molecule has 0 aliphatic heterocycles. The fraction of sp³-hybridized carbons (Fsp3) is 0.667. The van der Waals surface area contributed by atoms with E-state index in [1.807, 2.05) is 0 Å². The molecule has 2 N–H and O–H groups in total. The number of halogens is 2. The second kappa shape index (κ2) is 7.09. The van der Waals surface area contributed by atoms with E-state index in [9.17, 15) is 9.90 Å². The number of aromatic hydroxyl groups is 1. The van der Waals surface area contributed by atoms with Crippen LogP contribution in [0.25, 0.3) is 0 Å². The topological polar surface area (TPSA) is 62.2 Å². The molecule has 1 heterocycles. The van der Waals surface area contributed by atoms with Crippen molar-refractivity contribution in [3.05, 3.63) is 23.5 Å². The van der Waals surface area contributed by atoms with Crippen molar-refractivity contribution in [3.63, 3.8) is 0 Å². The van der Waals surface area contributed by atoms with Gasteiger partial charge in [-0.05, 0) is 42.2 Å². The average Bonchev–Trinajstić information content (AvgIpc) is 2.57. The maximum absolute atomic E-state index is 12.6. The van der Waals surface area contributed by atoms with Gasteiger partial charge in [0.25, 0.3) is 5.91 Å². The van der Waals surface area contributed by atoms with Gasteiger partial charge >= 0.3 is 0 Å². The summed E-state index contributed by atoms with van der Waals surface area (Å²) in [6, 6.07) is 1.58. The van der Waals surface area contributed by atoms with E-state index < -0.39 is 0 Å². The number of nitrogens with zero attached hydrogens (tertiary/aromatic N) is 1. The summed E-state index contributed by atoms with van der Waals surface area (Å²) in [5.41, 5.74) is 0.466. The first-order valence-corrected chi connectivity index (χ1v) is 9.17. The monoisotopic (exact) mass is 372 g/mol. The maximum Gasteiger partial charge on any atom is 0.273 e. The Morgan fingerprint density at radius 2 is 1.96 bits per heavy atom. The minimum atomic E-state index is -0.366. The summed E-state index contributed by atoms with van der Waals surface area (Å²) < 4.78 is 0. The summed E-state index contributed by atoms with van der Waals surface area (Å²) in [5.74, 6) is -0.129. The lowest BCUT2D eigenvalue weighted by Crippen LogP contribution is -2.43. The van der Waals surface area contributed by atoms with Gasteiger partial charge in [0.1, 0.15) is 5.75 Å². The molecule has 0 saturated heterocycles. The van der Waals surface area contributed by atoms with Gasteiger partial charge in [-0.15, -0.1) is 23.2 Å². The molecule has 2 rings (SSSR count). The van der Waals surface area contributed by atoms with E-state index in [-0.39, 0.29) is 51.4 Å². The zero-order valence-corrected chi connectivity index (χ0v) is 16.3. The zero-order chi connectivity index (χ0) is 18.2. The fourth-order valence-corrected chi connectivity index (χ4v) is 4.24. The Bertz CT molecular complexity index is 621. The maximum atomic E-state index is 12.6. The molecule has 1 aromatic heterocycles. The number of rotatable bonds is 2. The summed E-state index contributed by atoms with van der Waals surface area (Å²) in [4.78, 5) is 16.6. The summed E-state index contributed by atoms with van der Waals surface area (Å²) in [7, 11) is 0. The van der Waals surface area contributed by atoms with Crippen LogP contribution >= 0.6 is 23.2 Å². The Kier molecular flexibility index (Phi) is 5.71. The van der Waals surface area contributed by atoms with Gasteiger partial charge in [0.05, 0.1) is 10.8 Å². The van der Waals surface area contributed by atoms with Crippen LogP contribution in [0.15, 0.2) is 12.3 Å². The van der Waals surface area contributed by atoms with Gasteiger partial charge < -0.3 is 10.4 Å². The number of carbonyl (C=O) groups excluding carboxylic acids is 1. The molecule has 134 valence electrons. The smallest absolute Gasteiger partial charge is 0.273 e. The molecule has 0 radical (unpaired) electrons. The number of aryl methyl sites for hydroxylation is 1. The van der Waals surface area contributed by atoms with E-state index in [1.54, 1.807) is 13.0 Å². The van der Waals surface area contributed by atoms with Crippen LogP contribution in [-0.2, 0) is 0 Å². The van der Waals surface area contributed by atoms with Crippen LogP contribution in [0.2, 0.25) is 0 Å². The first-order valence-electron chi connectivity index (χ1n) is 8.30. The second-order valence-corrected chi connectivity index (χ2v) is 8.64. The second-order valence-electron chi connectivity index (χ2n) is 7.66. The predicted octanol–water partition coefficient (Wildman–Crippen LogP) is 4.11. The number of carbonyl (C=O) groups is 1. The molecule has 1 fully saturated rings. The van der Waals surface area contributed by atoms with Crippen molar-refractivity contribution in [1.82, 2.24) is 10.3 Å². The molecule has 1 aliphatic rings. The van der Waals surface area contributed by atoms with Crippen LogP contribution in [0.3, 0.4) is 0 Å². The van der Waals surface area contributed by atoms with Crippen LogP contribution in [0.5, 0.6) is 5.75 Å². The van der Waals surface area contributed by atoms with Crippen LogP contribution in [0.1, 0.15) is 50.2 Å². The summed E-state index contributed by atoms with van der Waals surface area (Å²) in [5, 5.41) is 12.8. The molecular weight excluding hydrogens is 347 g/mol. The molecule has 5 atom stereocenters. The molecular formula is C18H26Cl2N2O2. The van der Waals surface area contributed by atoms with Crippen molar-refractivity contribution in [3.8, 4) is 5.75 Å². The van der Waals surface area contributed by atoms with E-state index in [0.29, 0.717) is 12.0 Å². The number of hydrogen-bond donors (Lipinski definition) is 2. The van der Waals surface area contributed by atoms with E-state index in [0.717, 1.165) is 0 Å². The molecule has 4 nitrogen and oxygen atoms in total. The minimum Gasteiger partial charge on any atom is -0.505 e. The molecule has 1 aromatic rings. The zero-order valence-electron chi connectivity index (χ0n) is 14.8. The third kappa shape index (κ3) is 3.65. The Balaban J connectivity index is 2.27. The van der Waals surface area contributed by atoms with Crippen LogP contribution in [0.4, 0.5) is 0 Å². The summed E-state index contributed by atoms with van der Waals surface area (Å²) in [6.07, 6.45) is 2.24. The lowest BCUT2D eigenvalue weighted by atomic mass is 9.82. The number of hydrogen-bond acceptors (Lipinski definition) is 3. The molecule has 24 heavy (non-hydrogen) atoms. The van der Waals surface area contributed by atoms with Gasteiger partial charge in [-0.3, -0.25) is 4.79 Å². The SMILES string of the molecule is Cc1ccnc(C(=O)NC2CC(C)(C)C(Cl)C(Cl)[C@H](C)[C@H]2C)c1O. The summed E-state index contributed by atoms with van der Waals surface area (Å²) >= 11 is 13.2. The van der Waals surface area contributed by atoms with Gasteiger partial charge in [-0.25, -0.2) is 4.98 Å². The predicted molar refractivity (Wildman–Crippen MR) is 97.9 cm³/mol. The number of amides is 1. The molecule has 0 bridgehead atoms. The molecule has 0 spiro atoms. The highest BCUT2D eigenvalue weighted by Crippen LogP contribution is 2.44. The van der Waals surface area contributed by atoms with E-state index in [1.165, 1.54) is 6.20 Å². The van der Waals surface area contributed by atoms with Crippen molar-refractivity contribution in [2.24, 2.45) is 17.3 Å². The van der Waals surface area contributed by atoms with Crippen molar-refractivity contribution in [1.29, 1.82) is 0 Å². The average molecular weight is 373 g/mol. The van der Waals surface area contributed by atoms with E-state index >= 15 is 0 Å². The van der Waals surface area contributed by atoms with Crippen LogP contribution < -0.4 is 5.32 Å². The highest BCUT2D eigenvalue weighted by Gasteiger charge is 2.45. The van der Waals surface area contributed by atoms with Gasteiger partial charge in [0.2, 0.25) is 0 Å². The molecule has 1 aliphatic carbocycles. The standard InChI is InChI=1S/C18H26Cl2N2O2/c1-9-6-7-21-14(15(9)23)17(24)22-12-8-18(4,5)16(20)13(19)11(3)10(12)2/h6-7,10-13,16,23H,8H2,1-5H3,(H,22,24)/t10-,11-,12?,13?,16?/m1/s1. The Hall–Kier alpha value is -1.00.